The Labute approximate surface area is 82.6 Å². The number of aryl methyl sites for hydroxylation is 1. The van der Waals surface area contributed by atoms with Gasteiger partial charge in [-0.05, 0) is 35.7 Å². The van der Waals surface area contributed by atoms with Crippen molar-refractivity contribution < 1.29 is 29.8 Å². The van der Waals surface area contributed by atoms with Crippen LogP contribution in [0.4, 0.5) is 0 Å². The summed E-state index contributed by atoms with van der Waals surface area (Å²) in [5, 5.41) is 0. The fourth-order valence-corrected chi connectivity index (χ4v) is 1.19. The summed E-state index contributed by atoms with van der Waals surface area (Å²) in [6.45, 7) is 1.86. The monoisotopic (exact) mass is 339 g/mol. The van der Waals surface area contributed by atoms with Crippen LogP contribution >= 0.6 is 0 Å². The molecule has 0 radical (unpaired) electrons. The Morgan fingerprint density at radius 1 is 1.45 bits per heavy atom. The third-order valence-electron chi connectivity index (χ3n) is 1.18. The molecule has 1 unspecified atom stereocenters. The summed E-state index contributed by atoms with van der Waals surface area (Å²) in [5.41, 5.74) is 0.960. The first-order valence-electron chi connectivity index (χ1n) is 2.86. The molecule has 2 nitrogen and oxygen atoms in total. The molecule has 0 fully saturated rings. The molecule has 11 heavy (non-hydrogen) atoms. The summed E-state index contributed by atoms with van der Waals surface area (Å²) < 4.78 is 20.7. The zero-order valence-electron chi connectivity index (χ0n) is 5.94. The van der Waals surface area contributed by atoms with Crippen LogP contribution in [0.25, 0.3) is 0 Å². The van der Waals surface area contributed by atoms with Gasteiger partial charge in [0.1, 0.15) is 0 Å². The number of rotatable bonds is 1. The van der Waals surface area contributed by atoms with E-state index in [9.17, 15) is 8.76 Å². The molecule has 0 saturated heterocycles. The maximum Gasteiger partial charge on any atom is 0.0251 e. The smallest absolute Gasteiger partial charge is 0.0251 e. The third-order valence-corrected chi connectivity index (χ3v) is 1.82. The number of hydrogen-bond acceptors (Lipinski definition) is 2. The van der Waals surface area contributed by atoms with Crippen molar-refractivity contribution >= 4 is 11.1 Å². The van der Waals surface area contributed by atoms with Gasteiger partial charge in [-0.1, -0.05) is 12.1 Å². The predicted octanol–water partition coefficient (Wildman–Crippen LogP) is 1.23. The Balaban J connectivity index is 0.000001000. The van der Waals surface area contributed by atoms with Gasteiger partial charge in [-0.25, -0.2) is 0 Å². The molecule has 4 heteroatoms. The van der Waals surface area contributed by atoms with E-state index in [4.69, 9.17) is 0 Å². The Morgan fingerprint density at radius 3 is 2.45 bits per heavy atom. The van der Waals surface area contributed by atoms with Crippen LogP contribution in [-0.4, -0.2) is 8.76 Å². The van der Waals surface area contributed by atoms with Crippen molar-refractivity contribution in [1.29, 1.82) is 0 Å². The van der Waals surface area contributed by atoms with Crippen LogP contribution in [0.3, 0.4) is 0 Å². The molecule has 0 N–H and O–H groups in total. The molecule has 1 rings (SSSR count). The SMILES string of the molecule is Cc1cccc(S(=O)[O-])c1.[W]. The summed E-state index contributed by atoms with van der Waals surface area (Å²) in [5.74, 6) is 0. The second-order valence-corrected chi connectivity index (χ2v) is 2.99. The molecule has 0 aliphatic carbocycles. The second kappa shape index (κ2) is 4.81. The Hall–Kier alpha value is 0.0183. The largest absolute Gasteiger partial charge is 0.768 e. The van der Waals surface area contributed by atoms with Gasteiger partial charge >= 0.3 is 0 Å². The predicted molar refractivity (Wildman–Crippen MR) is 38.4 cm³/mol. The summed E-state index contributed by atoms with van der Waals surface area (Å²) in [6, 6.07) is 6.77. The fraction of sp³-hybridized carbons (Fsp3) is 0.143. The maximum atomic E-state index is 10.4. The van der Waals surface area contributed by atoms with E-state index < -0.39 is 11.1 Å². The first-order valence-corrected chi connectivity index (χ1v) is 3.93. The van der Waals surface area contributed by atoms with E-state index in [-0.39, 0.29) is 21.1 Å². The summed E-state index contributed by atoms with van der Waals surface area (Å²) in [7, 11) is 0. The van der Waals surface area contributed by atoms with Gasteiger partial charge in [-0.3, -0.25) is 4.21 Å². The average Bonchev–Trinajstić information content (AvgIpc) is 1.88. The van der Waals surface area contributed by atoms with Crippen molar-refractivity contribution in [3.63, 3.8) is 0 Å². The standard InChI is InChI=1S/C7H8O2S.W/c1-6-3-2-4-7(5-6)10(8)9;/h2-5H,1H3,(H,8,9);/p-1. The third kappa shape index (κ3) is 3.28. The van der Waals surface area contributed by atoms with Gasteiger partial charge in [-0.2, -0.15) is 0 Å². The molecule has 0 heterocycles. The molecular formula is C7H7O2SW-. The minimum atomic E-state index is -2.09. The van der Waals surface area contributed by atoms with E-state index in [1.807, 2.05) is 13.0 Å². The van der Waals surface area contributed by atoms with Crippen LogP contribution in [0.5, 0.6) is 0 Å². The van der Waals surface area contributed by atoms with Crippen LogP contribution in [0.1, 0.15) is 5.56 Å². The van der Waals surface area contributed by atoms with Crippen molar-refractivity contribution in [2.45, 2.75) is 11.8 Å². The summed E-state index contributed by atoms with van der Waals surface area (Å²) >= 11 is -2.09. The molecule has 0 saturated carbocycles. The molecule has 1 aromatic carbocycles. The quantitative estimate of drug-likeness (QED) is 0.723. The Morgan fingerprint density at radius 2 is 2.09 bits per heavy atom. The number of hydrogen-bond donors (Lipinski definition) is 0. The van der Waals surface area contributed by atoms with Gasteiger partial charge < -0.3 is 4.55 Å². The molecule has 0 spiro atoms. The normalized spacial score (nSPS) is 11.8. The van der Waals surface area contributed by atoms with E-state index in [0.717, 1.165) is 5.56 Å². The maximum absolute atomic E-state index is 10.4. The van der Waals surface area contributed by atoms with Crippen LogP contribution in [0, 0.1) is 6.92 Å². The van der Waals surface area contributed by atoms with E-state index >= 15 is 0 Å². The van der Waals surface area contributed by atoms with E-state index in [2.05, 4.69) is 0 Å². The molecule has 0 aromatic heterocycles. The Kier molecular flexibility index (Phi) is 4.82. The van der Waals surface area contributed by atoms with E-state index in [1.54, 1.807) is 18.2 Å². The zero-order chi connectivity index (χ0) is 7.56. The van der Waals surface area contributed by atoms with E-state index in [1.165, 1.54) is 0 Å². The van der Waals surface area contributed by atoms with Crippen LogP contribution in [0.15, 0.2) is 29.2 Å². The van der Waals surface area contributed by atoms with Crippen molar-refractivity contribution in [3.05, 3.63) is 29.8 Å². The van der Waals surface area contributed by atoms with Gasteiger partial charge in [-0.15, -0.1) is 0 Å². The summed E-state index contributed by atoms with van der Waals surface area (Å²) in [6.07, 6.45) is 0. The van der Waals surface area contributed by atoms with Gasteiger partial charge in [0, 0.05) is 26.0 Å². The summed E-state index contributed by atoms with van der Waals surface area (Å²) in [4.78, 5) is 0.347. The van der Waals surface area contributed by atoms with Crippen LogP contribution < -0.4 is 0 Å². The van der Waals surface area contributed by atoms with Crippen molar-refractivity contribution in [2.24, 2.45) is 0 Å². The minimum Gasteiger partial charge on any atom is -0.768 e. The van der Waals surface area contributed by atoms with Crippen LogP contribution in [0.2, 0.25) is 0 Å². The molecule has 0 amide bonds. The van der Waals surface area contributed by atoms with Crippen molar-refractivity contribution in [1.82, 2.24) is 0 Å². The average molecular weight is 339 g/mol. The molecule has 1 atom stereocenters. The molecular weight excluding hydrogens is 332 g/mol. The zero-order valence-corrected chi connectivity index (χ0v) is 9.69. The van der Waals surface area contributed by atoms with Crippen molar-refractivity contribution in [2.75, 3.05) is 0 Å². The molecule has 0 aliphatic heterocycles. The first-order chi connectivity index (χ1) is 4.70. The second-order valence-electron chi connectivity index (χ2n) is 2.05. The van der Waals surface area contributed by atoms with Gasteiger partial charge in [0.05, 0.1) is 0 Å². The minimum absolute atomic E-state index is 0. The van der Waals surface area contributed by atoms with Crippen LogP contribution in [-0.2, 0) is 32.1 Å². The Bertz CT molecular complexity index is 262. The molecule has 60 valence electrons. The molecule has 0 aliphatic rings. The number of benzene rings is 1. The van der Waals surface area contributed by atoms with E-state index in [0.29, 0.717) is 4.90 Å². The molecule has 1 aromatic rings. The molecule has 0 bridgehead atoms. The first kappa shape index (κ1) is 11.0. The topological polar surface area (TPSA) is 40.1 Å². The van der Waals surface area contributed by atoms with Gasteiger partial charge in [0.25, 0.3) is 0 Å². The van der Waals surface area contributed by atoms with Crippen molar-refractivity contribution in [3.8, 4) is 0 Å². The fourth-order valence-electron chi connectivity index (χ4n) is 0.719. The van der Waals surface area contributed by atoms with Gasteiger partial charge in [0.15, 0.2) is 0 Å². The van der Waals surface area contributed by atoms with Gasteiger partial charge in [0.2, 0.25) is 0 Å².